The van der Waals surface area contributed by atoms with Crippen molar-refractivity contribution in [3.63, 3.8) is 0 Å². The van der Waals surface area contributed by atoms with E-state index in [1.165, 1.54) is 12.1 Å². The number of hydrogen-bond acceptors (Lipinski definition) is 5. The van der Waals surface area contributed by atoms with E-state index in [1.807, 2.05) is 11.9 Å². The van der Waals surface area contributed by atoms with Crippen LogP contribution in [-0.4, -0.2) is 39.8 Å². The lowest BCUT2D eigenvalue weighted by atomic mass is 10.2. The van der Waals surface area contributed by atoms with Gasteiger partial charge in [-0.3, -0.25) is 0 Å². The molecular weight excluding hydrogens is 317 g/mol. The Morgan fingerprint density at radius 2 is 1.96 bits per heavy atom. The number of pyridine rings is 1. The molecule has 0 fully saturated rings. The molecule has 7 heteroatoms. The molecule has 0 aliphatic carbocycles. The van der Waals surface area contributed by atoms with Gasteiger partial charge in [-0.15, -0.1) is 0 Å². The number of rotatable bonds is 7. The van der Waals surface area contributed by atoms with Gasteiger partial charge < -0.3 is 10.2 Å². The number of benzene rings is 1. The second-order valence-corrected chi connectivity index (χ2v) is 7.26. The summed E-state index contributed by atoms with van der Waals surface area (Å²) in [6.45, 7) is 1.17. The van der Waals surface area contributed by atoms with Gasteiger partial charge in [-0.05, 0) is 30.7 Å². The molecule has 1 aromatic carbocycles. The molecule has 0 unspecified atom stereocenters. The van der Waals surface area contributed by atoms with E-state index in [4.69, 9.17) is 0 Å². The van der Waals surface area contributed by atoms with Crippen LogP contribution in [0.4, 0.5) is 15.9 Å². The SMILES string of the molecule is CN(CCCNc1ncccc1S(C)(=O)=O)c1ccccc1F. The van der Waals surface area contributed by atoms with Crippen LogP contribution in [0.5, 0.6) is 0 Å². The van der Waals surface area contributed by atoms with Crippen LogP contribution in [0.2, 0.25) is 0 Å². The highest BCUT2D eigenvalue weighted by Crippen LogP contribution is 2.19. The fraction of sp³-hybridized carbons (Fsp3) is 0.312. The minimum atomic E-state index is -3.32. The summed E-state index contributed by atoms with van der Waals surface area (Å²) in [5.74, 6) is 0.0931. The summed E-state index contributed by atoms with van der Waals surface area (Å²) < 4.78 is 37.0. The lowest BCUT2D eigenvalue weighted by Crippen LogP contribution is -2.22. The zero-order valence-electron chi connectivity index (χ0n) is 13.2. The van der Waals surface area contributed by atoms with Gasteiger partial charge in [-0.2, -0.15) is 0 Å². The second-order valence-electron chi connectivity index (χ2n) is 5.28. The first-order valence-electron chi connectivity index (χ1n) is 7.24. The normalized spacial score (nSPS) is 11.3. The molecule has 0 atom stereocenters. The summed E-state index contributed by atoms with van der Waals surface area (Å²) in [6, 6.07) is 9.71. The third kappa shape index (κ3) is 4.66. The van der Waals surface area contributed by atoms with E-state index in [0.29, 0.717) is 31.0 Å². The van der Waals surface area contributed by atoms with Crippen LogP contribution in [0, 0.1) is 5.82 Å². The van der Waals surface area contributed by atoms with E-state index in [1.54, 1.807) is 30.5 Å². The first kappa shape index (κ1) is 17.2. The van der Waals surface area contributed by atoms with Crippen molar-refractivity contribution in [2.45, 2.75) is 11.3 Å². The van der Waals surface area contributed by atoms with E-state index < -0.39 is 9.84 Å². The number of sulfone groups is 1. The Morgan fingerprint density at radius 3 is 2.65 bits per heavy atom. The quantitative estimate of drug-likeness (QED) is 0.787. The summed E-state index contributed by atoms with van der Waals surface area (Å²) in [6.07, 6.45) is 3.41. The predicted molar refractivity (Wildman–Crippen MR) is 90.1 cm³/mol. The van der Waals surface area contributed by atoms with E-state index in [2.05, 4.69) is 10.3 Å². The molecule has 23 heavy (non-hydrogen) atoms. The Morgan fingerprint density at radius 1 is 1.22 bits per heavy atom. The molecule has 0 radical (unpaired) electrons. The predicted octanol–water partition coefficient (Wildman–Crippen LogP) is 2.56. The Labute approximate surface area is 136 Å². The van der Waals surface area contributed by atoms with Crippen molar-refractivity contribution in [2.24, 2.45) is 0 Å². The molecule has 5 nitrogen and oxygen atoms in total. The highest BCUT2D eigenvalue weighted by Gasteiger charge is 2.13. The number of nitrogens with zero attached hydrogens (tertiary/aromatic N) is 2. The van der Waals surface area contributed by atoms with Crippen LogP contribution in [0.1, 0.15) is 6.42 Å². The standard InChI is InChI=1S/C16H20FN3O2S/c1-20(14-8-4-3-7-13(14)17)12-6-11-19-16-15(23(2,21)22)9-5-10-18-16/h3-5,7-10H,6,11-12H2,1-2H3,(H,18,19). The third-order valence-corrected chi connectivity index (χ3v) is 4.52. The number of aromatic nitrogens is 1. The van der Waals surface area contributed by atoms with Crippen molar-refractivity contribution in [2.75, 3.05) is 36.6 Å². The molecule has 0 bridgehead atoms. The molecule has 0 saturated heterocycles. The maximum Gasteiger partial charge on any atom is 0.179 e. The molecule has 1 heterocycles. The van der Waals surface area contributed by atoms with Crippen molar-refractivity contribution < 1.29 is 12.8 Å². The van der Waals surface area contributed by atoms with Crippen LogP contribution >= 0.6 is 0 Å². The van der Waals surface area contributed by atoms with Crippen LogP contribution in [0.15, 0.2) is 47.5 Å². The van der Waals surface area contributed by atoms with Gasteiger partial charge in [0.15, 0.2) is 9.84 Å². The molecule has 2 aromatic rings. The van der Waals surface area contributed by atoms with Gasteiger partial charge >= 0.3 is 0 Å². The van der Waals surface area contributed by atoms with Gasteiger partial charge in [-0.25, -0.2) is 17.8 Å². The summed E-state index contributed by atoms with van der Waals surface area (Å²) in [5, 5.41) is 3.03. The molecule has 0 aliphatic heterocycles. The topological polar surface area (TPSA) is 62.3 Å². The Hall–Kier alpha value is -2.15. The van der Waals surface area contributed by atoms with Crippen molar-refractivity contribution in [1.29, 1.82) is 0 Å². The molecule has 1 N–H and O–H groups in total. The lowest BCUT2D eigenvalue weighted by molar-refractivity contribution is 0.601. The zero-order chi connectivity index (χ0) is 16.9. The minimum absolute atomic E-state index is 0.183. The first-order valence-corrected chi connectivity index (χ1v) is 9.13. The van der Waals surface area contributed by atoms with Gasteiger partial charge in [0.1, 0.15) is 16.5 Å². The largest absolute Gasteiger partial charge is 0.372 e. The maximum atomic E-state index is 13.7. The van der Waals surface area contributed by atoms with Gasteiger partial charge in [0.25, 0.3) is 0 Å². The van der Waals surface area contributed by atoms with Crippen LogP contribution < -0.4 is 10.2 Å². The van der Waals surface area contributed by atoms with Gasteiger partial charge in [0, 0.05) is 32.6 Å². The molecule has 0 amide bonds. The molecule has 0 aliphatic rings. The monoisotopic (exact) mass is 337 g/mol. The van der Waals surface area contributed by atoms with Gasteiger partial charge in [-0.1, -0.05) is 12.1 Å². The number of para-hydroxylation sites is 1. The first-order chi connectivity index (χ1) is 10.9. The number of nitrogens with one attached hydrogen (secondary N) is 1. The molecule has 1 aromatic heterocycles. The summed E-state index contributed by atoms with van der Waals surface area (Å²) in [7, 11) is -1.50. The highest BCUT2D eigenvalue weighted by atomic mass is 32.2. The number of hydrogen-bond donors (Lipinski definition) is 1. The summed E-state index contributed by atoms with van der Waals surface area (Å²) >= 11 is 0. The van der Waals surface area contributed by atoms with Gasteiger partial charge in [0.05, 0.1) is 5.69 Å². The average molecular weight is 337 g/mol. The lowest BCUT2D eigenvalue weighted by Gasteiger charge is -2.20. The number of halogens is 1. The van der Waals surface area contributed by atoms with Gasteiger partial charge in [0.2, 0.25) is 0 Å². The zero-order valence-corrected chi connectivity index (χ0v) is 14.0. The third-order valence-electron chi connectivity index (χ3n) is 3.40. The van der Waals surface area contributed by atoms with Crippen molar-refractivity contribution in [1.82, 2.24) is 4.98 Å². The Kier molecular flexibility index (Phi) is 5.54. The second kappa shape index (κ2) is 7.41. The Balaban J connectivity index is 1.91. The highest BCUT2D eigenvalue weighted by molar-refractivity contribution is 7.90. The van der Waals surface area contributed by atoms with Crippen LogP contribution in [-0.2, 0) is 9.84 Å². The molecular formula is C16H20FN3O2S. The fourth-order valence-electron chi connectivity index (χ4n) is 2.23. The van der Waals surface area contributed by atoms with Crippen LogP contribution in [0.3, 0.4) is 0 Å². The smallest absolute Gasteiger partial charge is 0.179 e. The number of anilines is 2. The molecule has 124 valence electrons. The van der Waals surface area contributed by atoms with E-state index in [9.17, 15) is 12.8 Å². The Bertz CT molecular complexity index is 765. The van der Waals surface area contributed by atoms with E-state index >= 15 is 0 Å². The summed E-state index contributed by atoms with van der Waals surface area (Å²) in [5.41, 5.74) is 0.544. The van der Waals surface area contributed by atoms with E-state index in [-0.39, 0.29) is 10.7 Å². The molecule has 2 rings (SSSR count). The maximum absolute atomic E-state index is 13.7. The molecule has 0 saturated carbocycles. The average Bonchev–Trinajstić information content (AvgIpc) is 2.51. The fourth-order valence-corrected chi connectivity index (χ4v) is 3.03. The minimum Gasteiger partial charge on any atom is -0.372 e. The van der Waals surface area contributed by atoms with Crippen molar-refractivity contribution in [3.8, 4) is 0 Å². The molecule has 0 spiro atoms. The van der Waals surface area contributed by atoms with Crippen LogP contribution in [0.25, 0.3) is 0 Å². The van der Waals surface area contributed by atoms with E-state index in [0.717, 1.165) is 6.26 Å². The summed E-state index contributed by atoms with van der Waals surface area (Å²) in [4.78, 5) is 6.08. The van der Waals surface area contributed by atoms with Crippen molar-refractivity contribution >= 4 is 21.3 Å². The van der Waals surface area contributed by atoms with Crippen molar-refractivity contribution in [3.05, 3.63) is 48.4 Å².